The van der Waals surface area contributed by atoms with Gasteiger partial charge in [-0.1, -0.05) is 0 Å². The largest absolute Gasteiger partial charge is 0.477 e. The Labute approximate surface area is 118 Å². The van der Waals surface area contributed by atoms with Crippen LogP contribution in [0.2, 0.25) is 0 Å². The second kappa shape index (κ2) is 5.25. The highest BCUT2D eigenvalue weighted by Gasteiger charge is 2.18. The van der Waals surface area contributed by atoms with E-state index in [0.29, 0.717) is 0 Å². The van der Waals surface area contributed by atoms with Crippen LogP contribution in [0.5, 0.6) is 0 Å². The van der Waals surface area contributed by atoms with Gasteiger partial charge in [-0.25, -0.2) is 13.2 Å². The Morgan fingerprint density at radius 1 is 1.29 bits per heavy atom. The minimum absolute atomic E-state index is 0.124. The van der Waals surface area contributed by atoms with Gasteiger partial charge in [0.2, 0.25) is 0 Å². The molecule has 0 radical (unpaired) electrons. The zero-order chi connectivity index (χ0) is 15.6. The topological polar surface area (TPSA) is 142 Å². The number of nitro groups is 1. The van der Waals surface area contributed by atoms with Crippen LogP contribution < -0.4 is 4.72 Å². The Balaban J connectivity index is 2.24. The van der Waals surface area contributed by atoms with Crippen LogP contribution in [0.1, 0.15) is 10.5 Å². The molecule has 0 saturated heterocycles. The Bertz CT molecular complexity index is 794. The number of aromatic amines is 1. The zero-order valence-corrected chi connectivity index (χ0v) is 11.1. The lowest BCUT2D eigenvalue weighted by Gasteiger charge is -2.05. The zero-order valence-electron chi connectivity index (χ0n) is 10.3. The predicted molar refractivity (Wildman–Crippen MR) is 71.7 cm³/mol. The van der Waals surface area contributed by atoms with Crippen molar-refractivity contribution in [2.45, 2.75) is 4.90 Å². The average Bonchev–Trinajstić information content (AvgIpc) is 2.89. The van der Waals surface area contributed by atoms with Crippen molar-refractivity contribution < 1.29 is 23.2 Å². The molecule has 21 heavy (non-hydrogen) atoms. The summed E-state index contributed by atoms with van der Waals surface area (Å²) in [6.07, 6.45) is 1.04. The quantitative estimate of drug-likeness (QED) is 0.563. The molecule has 10 heteroatoms. The van der Waals surface area contributed by atoms with Crippen molar-refractivity contribution in [1.82, 2.24) is 4.98 Å². The molecule has 0 aliphatic rings. The molecule has 0 bridgehead atoms. The summed E-state index contributed by atoms with van der Waals surface area (Å²) < 4.78 is 26.2. The summed E-state index contributed by atoms with van der Waals surface area (Å²) in [6, 6.07) is 5.74. The summed E-state index contributed by atoms with van der Waals surface area (Å²) in [7, 11) is -3.97. The fourth-order valence-corrected chi connectivity index (χ4v) is 2.57. The van der Waals surface area contributed by atoms with Gasteiger partial charge in [0.05, 0.1) is 4.92 Å². The molecule has 0 aliphatic carbocycles. The molecule has 0 amide bonds. The van der Waals surface area contributed by atoms with E-state index >= 15 is 0 Å². The number of aromatic nitrogens is 1. The van der Waals surface area contributed by atoms with E-state index in [1.54, 1.807) is 0 Å². The van der Waals surface area contributed by atoms with Crippen molar-refractivity contribution in [1.29, 1.82) is 0 Å². The first-order valence-corrected chi connectivity index (χ1v) is 6.97. The Hall–Kier alpha value is -2.88. The number of benzene rings is 1. The first-order chi connectivity index (χ1) is 9.79. The van der Waals surface area contributed by atoms with Gasteiger partial charge in [-0.2, -0.15) is 0 Å². The number of rotatable bonds is 5. The van der Waals surface area contributed by atoms with Crippen molar-refractivity contribution in [3.8, 4) is 0 Å². The first-order valence-electron chi connectivity index (χ1n) is 5.48. The summed E-state index contributed by atoms with van der Waals surface area (Å²) in [5.74, 6) is -1.29. The van der Waals surface area contributed by atoms with E-state index in [2.05, 4.69) is 9.71 Å². The number of anilines is 1. The highest BCUT2D eigenvalue weighted by Crippen LogP contribution is 2.19. The van der Waals surface area contributed by atoms with Crippen molar-refractivity contribution >= 4 is 27.4 Å². The maximum atomic E-state index is 12.0. The van der Waals surface area contributed by atoms with Gasteiger partial charge in [0, 0.05) is 24.0 Å². The minimum atomic E-state index is -3.97. The summed E-state index contributed by atoms with van der Waals surface area (Å²) in [4.78, 5) is 22.6. The molecule has 110 valence electrons. The summed E-state index contributed by atoms with van der Waals surface area (Å²) >= 11 is 0. The number of aromatic carboxylic acids is 1. The molecule has 1 heterocycles. The number of hydrogen-bond acceptors (Lipinski definition) is 5. The number of non-ortho nitro benzene ring substituents is 1. The second-order valence-corrected chi connectivity index (χ2v) is 5.65. The number of nitrogens with zero attached hydrogens (tertiary/aromatic N) is 1. The van der Waals surface area contributed by atoms with Gasteiger partial charge < -0.3 is 10.1 Å². The van der Waals surface area contributed by atoms with Gasteiger partial charge in [-0.15, -0.1) is 0 Å². The van der Waals surface area contributed by atoms with Gasteiger partial charge in [-0.05, 0) is 18.2 Å². The molecule has 2 rings (SSSR count). The highest BCUT2D eigenvalue weighted by molar-refractivity contribution is 7.92. The van der Waals surface area contributed by atoms with Crippen LogP contribution >= 0.6 is 0 Å². The summed E-state index contributed by atoms with van der Waals surface area (Å²) in [5.41, 5.74) is -0.314. The monoisotopic (exact) mass is 311 g/mol. The van der Waals surface area contributed by atoms with Crippen LogP contribution in [0.4, 0.5) is 11.4 Å². The van der Waals surface area contributed by atoms with Gasteiger partial charge >= 0.3 is 5.97 Å². The maximum absolute atomic E-state index is 12.0. The SMILES string of the molecule is O=C(O)c1cc(S(=O)(=O)Nc2ccc([N+](=O)[O-])cc2)c[nH]1. The third-order valence-corrected chi connectivity index (χ3v) is 3.89. The van der Waals surface area contributed by atoms with E-state index < -0.39 is 20.9 Å². The van der Waals surface area contributed by atoms with Crippen molar-refractivity contribution in [2.24, 2.45) is 0 Å². The number of nitrogens with one attached hydrogen (secondary N) is 2. The van der Waals surface area contributed by atoms with Crippen molar-refractivity contribution in [2.75, 3.05) is 4.72 Å². The second-order valence-electron chi connectivity index (χ2n) is 3.96. The molecule has 2 aromatic rings. The van der Waals surface area contributed by atoms with Crippen LogP contribution in [0.25, 0.3) is 0 Å². The third kappa shape index (κ3) is 3.17. The molecular formula is C11H9N3O6S. The van der Waals surface area contributed by atoms with Crippen LogP contribution in [0.15, 0.2) is 41.4 Å². The molecule has 1 aromatic heterocycles. The molecule has 1 aromatic carbocycles. The van der Waals surface area contributed by atoms with E-state index in [4.69, 9.17) is 5.11 Å². The fraction of sp³-hybridized carbons (Fsp3) is 0. The van der Waals surface area contributed by atoms with E-state index in [9.17, 15) is 23.3 Å². The van der Waals surface area contributed by atoms with Gasteiger partial charge in [0.15, 0.2) is 0 Å². The Kier molecular flexibility index (Phi) is 3.63. The summed E-state index contributed by atoms with van der Waals surface area (Å²) in [5, 5.41) is 19.2. The number of carboxylic acids is 1. The molecule has 3 N–H and O–H groups in total. The average molecular weight is 311 g/mol. The molecule has 0 aliphatic heterocycles. The van der Waals surface area contributed by atoms with Crippen LogP contribution in [-0.2, 0) is 10.0 Å². The molecular weight excluding hydrogens is 302 g/mol. The number of nitro benzene ring substituents is 1. The van der Waals surface area contributed by atoms with Crippen LogP contribution in [0, 0.1) is 10.1 Å². The Morgan fingerprint density at radius 2 is 1.90 bits per heavy atom. The standard InChI is InChI=1S/C11H9N3O6S/c15-11(16)10-5-9(6-12-10)21(19,20)13-7-1-3-8(4-2-7)14(17)18/h1-6,12-13H,(H,15,16). The lowest BCUT2D eigenvalue weighted by Crippen LogP contribution is -2.12. The lowest BCUT2D eigenvalue weighted by atomic mass is 10.3. The van der Waals surface area contributed by atoms with Crippen LogP contribution in [0.3, 0.4) is 0 Å². The molecule has 0 saturated carbocycles. The number of H-pyrrole nitrogens is 1. The molecule has 0 spiro atoms. The van der Waals surface area contributed by atoms with E-state index in [1.807, 2.05) is 0 Å². The molecule has 0 fully saturated rings. The van der Waals surface area contributed by atoms with Gasteiger partial charge in [0.1, 0.15) is 10.6 Å². The van der Waals surface area contributed by atoms with Crippen molar-refractivity contribution in [3.05, 3.63) is 52.3 Å². The molecule has 0 unspecified atom stereocenters. The van der Waals surface area contributed by atoms with Crippen molar-refractivity contribution in [3.63, 3.8) is 0 Å². The molecule has 0 atom stereocenters. The van der Waals surface area contributed by atoms with E-state index in [-0.39, 0.29) is 22.0 Å². The van der Waals surface area contributed by atoms with Gasteiger partial charge in [0.25, 0.3) is 15.7 Å². The first kappa shape index (κ1) is 14.5. The fourth-order valence-electron chi connectivity index (χ4n) is 1.52. The normalized spacial score (nSPS) is 11.0. The number of hydrogen-bond donors (Lipinski definition) is 3. The Morgan fingerprint density at radius 3 is 2.38 bits per heavy atom. The van der Waals surface area contributed by atoms with Crippen LogP contribution in [-0.4, -0.2) is 29.4 Å². The van der Waals surface area contributed by atoms with E-state index in [1.165, 1.54) is 12.1 Å². The highest BCUT2D eigenvalue weighted by atomic mass is 32.2. The van der Waals surface area contributed by atoms with Gasteiger partial charge in [-0.3, -0.25) is 14.8 Å². The minimum Gasteiger partial charge on any atom is -0.477 e. The van der Waals surface area contributed by atoms with E-state index in [0.717, 1.165) is 24.4 Å². The predicted octanol–water partition coefficient (Wildman–Crippen LogP) is 1.42. The summed E-state index contributed by atoms with van der Waals surface area (Å²) in [6.45, 7) is 0. The number of carboxylic acid groups (broad SMARTS) is 1. The third-order valence-electron chi connectivity index (χ3n) is 2.53. The number of sulfonamides is 1. The molecule has 9 nitrogen and oxygen atoms in total. The lowest BCUT2D eigenvalue weighted by molar-refractivity contribution is -0.384. The smallest absolute Gasteiger partial charge is 0.352 e. The number of carbonyl (C=O) groups is 1. The maximum Gasteiger partial charge on any atom is 0.352 e.